The number of anilines is 1. The molecule has 0 bridgehead atoms. The van der Waals surface area contributed by atoms with Crippen molar-refractivity contribution in [3.8, 4) is 0 Å². The number of carbonyl (C=O) groups excluding carboxylic acids is 1. The summed E-state index contributed by atoms with van der Waals surface area (Å²) in [7, 11) is 0. The molecule has 1 aliphatic carbocycles. The molecule has 0 spiro atoms. The van der Waals surface area contributed by atoms with Gasteiger partial charge in [0.25, 0.3) is 0 Å². The van der Waals surface area contributed by atoms with Crippen LogP contribution in [0.3, 0.4) is 0 Å². The van der Waals surface area contributed by atoms with E-state index in [1.807, 2.05) is 36.4 Å². The fraction of sp³-hybridized carbons (Fsp3) is 0.389. The number of carbonyl (C=O) groups is 1. The lowest BCUT2D eigenvalue weighted by Gasteiger charge is -2.27. The van der Waals surface area contributed by atoms with Crippen LogP contribution in [-0.2, 0) is 0 Å². The van der Waals surface area contributed by atoms with Crippen LogP contribution in [0.5, 0.6) is 0 Å². The highest BCUT2D eigenvalue weighted by molar-refractivity contribution is 5.93. The van der Waals surface area contributed by atoms with Gasteiger partial charge in [-0.25, -0.2) is 4.79 Å². The van der Waals surface area contributed by atoms with Crippen LogP contribution >= 0.6 is 0 Å². The second kappa shape index (κ2) is 6.79. The van der Waals surface area contributed by atoms with Crippen molar-refractivity contribution in [2.24, 2.45) is 5.92 Å². The molecular formula is C18H22N2O2. The summed E-state index contributed by atoms with van der Waals surface area (Å²) >= 11 is 0. The van der Waals surface area contributed by atoms with Gasteiger partial charge < -0.3 is 15.7 Å². The van der Waals surface area contributed by atoms with Crippen LogP contribution in [0.25, 0.3) is 10.8 Å². The number of aliphatic hydroxyl groups excluding tert-OH is 1. The van der Waals surface area contributed by atoms with Gasteiger partial charge in [-0.15, -0.1) is 0 Å². The van der Waals surface area contributed by atoms with Crippen molar-refractivity contribution in [2.75, 3.05) is 11.9 Å². The first kappa shape index (κ1) is 14.9. The van der Waals surface area contributed by atoms with E-state index in [9.17, 15) is 4.79 Å². The van der Waals surface area contributed by atoms with Crippen molar-refractivity contribution in [3.05, 3.63) is 42.5 Å². The van der Waals surface area contributed by atoms with E-state index in [1.165, 1.54) is 0 Å². The van der Waals surface area contributed by atoms with Crippen LogP contribution in [0, 0.1) is 5.92 Å². The van der Waals surface area contributed by atoms with E-state index in [-0.39, 0.29) is 18.7 Å². The smallest absolute Gasteiger partial charge is 0.319 e. The zero-order valence-electron chi connectivity index (χ0n) is 12.6. The van der Waals surface area contributed by atoms with Crippen LogP contribution in [0.4, 0.5) is 10.5 Å². The van der Waals surface area contributed by atoms with E-state index in [4.69, 9.17) is 5.11 Å². The molecule has 2 amide bonds. The van der Waals surface area contributed by atoms with Crippen LogP contribution in [0.15, 0.2) is 42.5 Å². The predicted molar refractivity (Wildman–Crippen MR) is 88.9 cm³/mol. The standard InChI is InChI=1S/C18H22N2O2/c21-12-13-5-8-16(9-6-13)19-18(22)20-17-10-7-14-3-1-2-4-15(14)11-17/h1-4,7,10-11,13,16,21H,5-6,8-9,12H2,(H2,19,20,22). The molecular weight excluding hydrogens is 276 g/mol. The van der Waals surface area contributed by atoms with E-state index in [1.54, 1.807) is 0 Å². The summed E-state index contributed by atoms with van der Waals surface area (Å²) in [4.78, 5) is 12.1. The molecule has 1 saturated carbocycles. The van der Waals surface area contributed by atoms with Crippen molar-refractivity contribution < 1.29 is 9.90 Å². The number of aliphatic hydroxyl groups is 1. The van der Waals surface area contributed by atoms with Gasteiger partial charge in [0.05, 0.1) is 0 Å². The summed E-state index contributed by atoms with van der Waals surface area (Å²) in [6.07, 6.45) is 3.85. The predicted octanol–water partition coefficient (Wildman–Crippen LogP) is 3.51. The van der Waals surface area contributed by atoms with Crippen LogP contribution in [0.2, 0.25) is 0 Å². The minimum atomic E-state index is -0.150. The van der Waals surface area contributed by atoms with E-state index < -0.39 is 0 Å². The molecule has 0 heterocycles. The first-order chi connectivity index (χ1) is 10.7. The normalized spacial score (nSPS) is 21.5. The SMILES string of the molecule is O=C(Nc1ccc2ccccc2c1)NC1CCC(CO)CC1. The third-order valence-corrected chi connectivity index (χ3v) is 4.45. The molecule has 2 aromatic carbocycles. The van der Waals surface area contributed by atoms with Gasteiger partial charge in [-0.05, 0) is 54.5 Å². The lowest BCUT2D eigenvalue weighted by molar-refractivity contribution is 0.176. The van der Waals surface area contributed by atoms with Crippen LogP contribution < -0.4 is 10.6 Å². The largest absolute Gasteiger partial charge is 0.396 e. The lowest BCUT2D eigenvalue weighted by Crippen LogP contribution is -2.40. The quantitative estimate of drug-likeness (QED) is 0.812. The Morgan fingerprint density at radius 2 is 1.77 bits per heavy atom. The second-order valence-electron chi connectivity index (χ2n) is 6.06. The number of hydrogen-bond acceptors (Lipinski definition) is 2. The summed E-state index contributed by atoms with van der Waals surface area (Å²) in [6, 6.07) is 14.1. The molecule has 2 aromatic rings. The molecule has 3 rings (SSSR count). The van der Waals surface area contributed by atoms with Crippen molar-refractivity contribution >= 4 is 22.5 Å². The van der Waals surface area contributed by atoms with Gasteiger partial charge in [-0.1, -0.05) is 30.3 Å². The second-order valence-corrected chi connectivity index (χ2v) is 6.06. The molecule has 116 valence electrons. The number of rotatable bonds is 3. The topological polar surface area (TPSA) is 61.4 Å². The van der Waals surface area contributed by atoms with Gasteiger partial charge in [0.2, 0.25) is 0 Å². The molecule has 4 nitrogen and oxygen atoms in total. The highest BCUT2D eigenvalue weighted by Crippen LogP contribution is 2.24. The number of fused-ring (bicyclic) bond motifs is 1. The number of urea groups is 1. The average Bonchev–Trinajstić information content (AvgIpc) is 2.55. The van der Waals surface area contributed by atoms with Crippen LogP contribution in [-0.4, -0.2) is 23.8 Å². The molecule has 0 radical (unpaired) electrons. The summed E-state index contributed by atoms with van der Waals surface area (Å²) < 4.78 is 0. The Labute approximate surface area is 130 Å². The number of amides is 2. The average molecular weight is 298 g/mol. The highest BCUT2D eigenvalue weighted by atomic mass is 16.3. The minimum Gasteiger partial charge on any atom is -0.396 e. The molecule has 0 aromatic heterocycles. The zero-order chi connectivity index (χ0) is 15.4. The first-order valence-corrected chi connectivity index (χ1v) is 7.92. The van der Waals surface area contributed by atoms with E-state index >= 15 is 0 Å². The molecule has 0 saturated heterocycles. The fourth-order valence-corrected chi connectivity index (χ4v) is 3.11. The molecule has 3 N–H and O–H groups in total. The summed E-state index contributed by atoms with van der Waals surface area (Å²) in [5.41, 5.74) is 0.806. The Kier molecular flexibility index (Phi) is 4.59. The van der Waals surface area contributed by atoms with Gasteiger partial charge in [0, 0.05) is 18.3 Å². The van der Waals surface area contributed by atoms with Gasteiger partial charge in [-0.3, -0.25) is 0 Å². The number of benzene rings is 2. The molecule has 22 heavy (non-hydrogen) atoms. The highest BCUT2D eigenvalue weighted by Gasteiger charge is 2.21. The van der Waals surface area contributed by atoms with Crippen molar-refractivity contribution in [2.45, 2.75) is 31.7 Å². The Balaban J connectivity index is 1.56. The monoisotopic (exact) mass is 298 g/mol. The molecule has 1 fully saturated rings. The third kappa shape index (κ3) is 3.57. The summed E-state index contributed by atoms with van der Waals surface area (Å²) in [5.74, 6) is 0.404. The Morgan fingerprint density at radius 3 is 2.50 bits per heavy atom. The minimum absolute atomic E-state index is 0.150. The van der Waals surface area contributed by atoms with Crippen molar-refractivity contribution in [1.82, 2.24) is 5.32 Å². The number of hydrogen-bond donors (Lipinski definition) is 3. The maximum atomic E-state index is 12.1. The Morgan fingerprint density at radius 1 is 1.05 bits per heavy atom. The van der Waals surface area contributed by atoms with Crippen molar-refractivity contribution in [1.29, 1.82) is 0 Å². The molecule has 1 aliphatic rings. The zero-order valence-corrected chi connectivity index (χ0v) is 12.6. The van der Waals surface area contributed by atoms with Gasteiger partial charge >= 0.3 is 6.03 Å². The third-order valence-electron chi connectivity index (χ3n) is 4.45. The van der Waals surface area contributed by atoms with Crippen LogP contribution in [0.1, 0.15) is 25.7 Å². The summed E-state index contributed by atoms with van der Waals surface area (Å²) in [6.45, 7) is 0.260. The molecule has 4 heteroatoms. The van der Waals surface area contributed by atoms with Gasteiger partial charge in [-0.2, -0.15) is 0 Å². The van der Waals surface area contributed by atoms with E-state index in [0.29, 0.717) is 5.92 Å². The molecule has 0 atom stereocenters. The Bertz CT molecular complexity index is 648. The van der Waals surface area contributed by atoms with Crippen molar-refractivity contribution in [3.63, 3.8) is 0 Å². The van der Waals surface area contributed by atoms with Gasteiger partial charge in [0.1, 0.15) is 0 Å². The lowest BCUT2D eigenvalue weighted by atomic mass is 9.87. The van der Waals surface area contributed by atoms with Gasteiger partial charge in [0.15, 0.2) is 0 Å². The fourth-order valence-electron chi connectivity index (χ4n) is 3.11. The van der Waals surface area contributed by atoms with E-state index in [2.05, 4.69) is 16.7 Å². The molecule has 0 unspecified atom stereocenters. The van der Waals surface area contributed by atoms with E-state index in [0.717, 1.165) is 42.1 Å². The first-order valence-electron chi connectivity index (χ1n) is 7.92. The molecule has 0 aliphatic heterocycles. The number of nitrogens with one attached hydrogen (secondary N) is 2. The Hall–Kier alpha value is -2.07. The summed E-state index contributed by atoms with van der Waals surface area (Å²) in [5, 5.41) is 17.4. The maximum absolute atomic E-state index is 12.1. The maximum Gasteiger partial charge on any atom is 0.319 e.